The molecule has 1 aromatic heterocycles. The maximum Gasteiger partial charge on any atom is 0.354 e. The molecule has 0 saturated carbocycles. The van der Waals surface area contributed by atoms with Crippen molar-refractivity contribution in [2.45, 2.75) is 0 Å². The van der Waals surface area contributed by atoms with Gasteiger partial charge in [0.05, 0.1) is 10.6 Å². The van der Waals surface area contributed by atoms with Crippen LogP contribution in [0.1, 0.15) is 20.8 Å². The van der Waals surface area contributed by atoms with E-state index in [0.717, 1.165) is 0 Å². The third kappa shape index (κ3) is 3.34. The van der Waals surface area contributed by atoms with Crippen molar-refractivity contribution >= 4 is 45.1 Å². The van der Waals surface area contributed by atoms with E-state index in [2.05, 4.69) is 26.2 Å². The summed E-state index contributed by atoms with van der Waals surface area (Å²) in [5.74, 6) is -1.53. The lowest BCUT2D eigenvalue weighted by atomic mass is 10.2. The van der Waals surface area contributed by atoms with Crippen molar-refractivity contribution in [3.05, 3.63) is 57.3 Å². The van der Waals surface area contributed by atoms with Crippen LogP contribution in [0.4, 0.5) is 5.69 Å². The lowest BCUT2D eigenvalue weighted by Crippen LogP contribution is -2.13. The minimum atomic E-state index is -1.14. The zero-order valence-corrected chi connectivity index (χ0v) is 12.3. The fourth-order valence-corrected chi connectivity index (χ4v) is 1.93. The zero-order chi connectivity index (χ0) is 14.7. The van der Waals surface area contributed by atoms with Gasteiger partial charge in [0.1, 0.15) is 5.69 Å². The van der Waals surface area contributed by atoms with Crippen LogP contribution >= 0.6 is 27.5 Å². The summed E-state index contributed by atoms with van der Waals surface area (Å²) in [4.78, 5) is 26.3. The van der Waals surface area contributed by atoms with Crippen LogP contribution < -0.4 is 5.32 Å². The molecule has 2 aromatic rings. The Morgan fingerprint density at radius 2 is 2.00 bits per heavy atom. The first-order valence-electron chi connectivity index (χ1n) is 5.43. The molecule has 0 atom stereocenters. The van der Waals surface area contributed by atoms with Crippen molar-refractivity contribution in [1.29, 1.82) is 0 Å². The summed E-state index contributed by atoms with van der Waals surface area (Å²) in [7, 11) is 0. The molecular formula is C13H8BrClN2O3. The van der Waals surface area contributed by atoms with Crippen LogP contribution in [0.3, 0.4) is 0 Å². The average Bonchev–Trinajstić information content (AvgIpc) is 2.43. The Bertz CT molecular complexity index is 674. The van der Waals surface area contributed by atoms with Crippen LogP contribution in [0, 0.1) is 0 Å². The molecule has 102 valence electrons. The van der Waals surface area contributed by atoms with E-state index in [9.17, 15) is 9.59 Å². The molecule has 0 aliphatic rings. The minimum Gasteiger partial charge on any atom is -0.477 e. The second-order valence-corrected chi connectivity index (χ2v) is 5.08. The van der Waals surface area contributed by atoms with Gasteiger partial charge in [-0.25, -0.2) is 9.78 Å². The topological polar surface area (TPSA) is 79.3 Å². The number of halogens is 2. The van der Waals surface area contributed by atoms with E-state index in [1.807, 2.05) is 0 Å². The highest BCUT2D eigenvalue weighted by Crippen LogP contribution is 2.25. The predicted octanol–water partition coefficient (Wildman–Crippen LogP) is 3.45. The Morgan fingerprint density at radius 1 is 1.25 bits per heavy atom. The second-order valence-electron chi connectivity index (χ2n) is 3.82. The molecule has 0 radical (unpaired) electrons. The van der Waals surface area contributed by atoms with Crippen molar-refractivity contribution < 1.29 is 14.7 Å². The molecule has 1 amide bonds. The van der Waals surface area contributed by atoms with Crippen LogP contribution in [0.25, 0.3) is 0 Å². The zero-order valence-electron chi connectivity index (χ0n) is 9.93. The number of carboxylic acids is 1. The molecule has 0 bridgehead atoms. The largest absolute Gasteiger partial charge is 0.477 e. The summed E-state index contributed by atoms with van der Waals surface area (Å²) >= 11 is 9.11. The van der Waals surface area contributed by atoms with Gasteiger partial charge < -0.3 is 10.4 Å². The number of hydrogen-bond donors (Lipinski definition) is 2. The number of anilines is 1. The Labute approximate surface area is 127 Å². The van der Waals surface area contributed by atoms with Crippen molar-refractivity contribution in [3.63, 3.8) is 0 Å². The molecule has 0 fully saturated rings. The highest BCUT2D eigenvalue weighted by atomic mass is 79.9. The number of aromatic nitrogens is 1. The number of nitrogens with zero attached hydrogens (tertiary/aromatic N) is 1. The molecule has 0 aliphatic heterocycles. The van der Waals surface area contributed by atoms with Gasteiger partial charge in [-0.3, -0.25) is 4.79 Å². The maximum atomic E-state index is 11.9. The monoisotopic (exact) mass is 354 g/mol. The summed E-state index contributed by atoms with van der Waals surface area (Å²) < 4.78 is 0.663. The molecule has 0 spiro atoms. The second kappa shape index (κ2) is 6.02. The molecule has 1 aromatic carbocycles. The summed E-state index contributed by atoms with van der Waals surface area (Å²) in [6.07, 6.45) is 1.21. The normalized spacial score (nSPS) is 10.1. The Morgan fingerprint density at radius 3 is 2.55 bits per heavy atom. The SMILES string of the molecule is O=C(Nc1ccc(Cl)c(Br)c1)c1ccc(C(=O)O)nc1. The van der Waals surface area contributed by atoms with Crippen molar-refractivity contribution in [1.82, 2.24) is 4.98 Å². The molecule has 5 nitrogen and oxygen atoms in total. The summed E-state index contributed by atoms with van der Waals surface area (Å²) in [6, 6.07) is 7.64. The quantitative estimate of drug-likeness (QED) is 0.884. The number of carbonyl (C=O) groups excluding carboxylic acids is 1. The fourth-order valence-electron chi connectivity index (χ4n) is 1.43. The number of aromatic carboxylic acids is 1. The van der Waals surface area contributed by atoms with Gasteiger partial charge in [-0.2, -0.15) is 0 Å². The fraction of sp³-hybridized carbons (Fsp3) is 0. The van der Waals surface area contributed by atoms with E-state index in [4.69, 9.17) is 16.7 Å². The first-order valence-corrected chi connectivity index (χ1v) is 6.60. The molecule has 7 heteroatoms. The van der Waals surface area contributed by atoms with Gasteiger partial charge in [0, 0.05) is 16.4 Å². The standard InChI is InChI=1S/C13H8BrClN2O3/c14-9-5-8(2-3-10(9)15)17-12(18)7-1-4-11(13(19)20)16-6-7/h1-6H,(H,17,18)(H,19,20). The first-order chi connectivity index (χ1) is 9.47. The van der Waals surface area contributed by atoms with Gasteiger partial charge in [-0.05, 0) is 46.3 Å². The van der Waals surface area contributed by atoms with E-state index in [1.54, 1.807) is 18.2 Å². The van der Waals surface area contributed by atoms with Gasteiger partial charge >= 0.3 is 5.97 Å². The number of benzene rings is 1. The highest BCUT2D eigenvalue weighted by Gasteiger charge is 2.10. The number of carboxylic acid groups (broad SMARTS) is 1. The van der Waals surface area contributed by atoms with Gasteiger partial charge in [0.2, 0.25) is 0 Å². The van der Waals surface area contributed by atoms with Gasteiger partial charge in [0.25, 0.3) is 5.91 Å². The van der Waals surface area contributed by atoms with E-state index in [1.165, 1.54) is 18.3 Å². The Balaban J connectivity index is 2.15. The van der Waals surface area contributed by atoms with E-state index in [0.29, 0.717) is 15.2 Å². The molecule has 2 N–H and O–H groups in total. The van der Waals surface area contributed by atoms with Crippen molar-refractivity contribution in [2.24, 2.45) is 0 Å². The van der Waals surface area contributed by atoms with E-state index >= 15 is 0 Å². The average molecular weight is 356 g/mol. The number of nitrogens with one attached hydrogen (secondary N) is 1. The van der Waals surface area contributed by atoms with Gasteiger partial charge in [0.15, 0.2) is 0 Å². The highest BCUT2D eigenvalue weighted by molar-refractivity contribution is 9.10. The lowest BCUT2D eigenvalue weighted by Gasteiger charge is -2.06. The number of rotatable bonds is 3. The van der Waals surface area contributed by atoms with Crippen LogP contribution in [-0.4, -0.2) is 22.0 Å². The molecule has 2 rings (SSSR count). The van der Waals surface area contributed by atoms with E-state index in [-0.39, 0.29) is 17.2 Å². The number of carbonyl (C=O) groups is 2. The Hall–Kier alpha value is -1.92. The molecular weight excluding hydrogens is 348 g/mol. The third-order valence-electron chi connectivity index (χ3n) is 2.42. The first kappa shape index (κ1) is 14.5. The number of amides is 1. The summed E-state index contributed by atoms with van der Waals surface area (Å²) in [6.45, 7) is 0. The number of hydrogen-bond acceptors (Lipinski definition) is 3. The van der Waals surface area contributed by atoms with Crippen LogP contribution in [0.2, 0.25) is 5.02 Å². The summed E-state index contributed by atoms with van der Waals surface area (Å²) in [5.41, 5.74) is 0.713. The molecule has 0 aliphatic carbocycles. The molecule has 1 heterocycles. The smallest absolute Gasteiger partial charge is 0.354 e. The summed E-state index contributed by atoms with van der Waals surface area (Å²) in [5, 5.41) is 11.9. The minimum absolute atomic E-state index is 0.115. The lowest BCUT2D eigenvalue weighted by molar-refractivity contribution is 0.0690. The molecule has 20 heavy (non-hydrogen) atoms. The molecule has 0 saturated heterocycles. The van der Waals surface area contributed by atoms with E-state index < -0.39 is 5.97 Å². The van der Waals surface area contributed by atoms with Crippen molar-refractivity contribution in [3.8, 4) is 0 Å². The van der Waals surface area contributed by atoms with Gasteiger partial charge in [-0.1, -0.05) is 11.6 Å². The predicted molar refractivity (Wildman–Crippen MR) is 78.3 cm³/mol. The Kier molecular flexibility index (Phi) is 4.36. The third-order valence-corrected chi connectivity index (χ3v) is 3.64. The maximum absolute atomic E-state index is 11.9. The molecule has 0 unspecified atom stereocenters. The van der Waals surface area contributed by atoms with Crippen LogP contribution in [0.15, 0.2) is 41.0 Å². The van der Waals surface area contributed by atoms with Gasteiger partial charge in [-0.15, -0.1) is 0 Å². The van der Waals surface area contributed by atoms with Crippen LogP contribution in [0.5, 0.6) is 0 Å². The van der Waals surface area contributed by atoms with Crippen molar-refractivity contribution in [2.75, 3.05) is 5.32 Å². The number of pyridine rings is 1. The van der Waals surface area contributed by atoms with Crippen LogP contribution in [-0.2, 0) is 0 Å².